The summed E-state index contributed by atoms with van der Waals surface area (Å²) in [5.74, 6) is 1.33. The molecule has 206 valence electrons. The van der Waals surface area contributed by atoms with Gasteiger partial charge in [0, 0.05) is 6.42 Å². The first kappa shape index (κ1) is 29.5. The van der Waals surface area contributed by atoms with Gasteiger partial charge in [0.2, 0.25) is 0 Å². The number of benzene rings is 1. The van der Waals surface area contributed by atoms with Gasteiger partial charge in [0.05, 0.1) is 18.1 Å². The number of aromatic nitrogens is 4. The first-order valence-electron chi connectivity index (χ1n) is 13.6. The van der Waals surface area contributed by atoms with Crippen LogP contribution in [0.3, 0.4) is 0 Å². The predicted octanol–water partition coefficient (Wildman–Crippen LogP) is 7.28. The number of nitrogens with one attached hydrogen (secondary N) is 1. The first-order valence-corrected chi connectivity index (χ1v) is 15.7. The van der Waals surface area contributed by atoms with Crippen LogP contribution in [0.2, 0.25) is 5.02 Å². The maximum absolute atomic E-state index is 13.6. The van der Waals surface area contributed by atoms with Crippen molar-refractivity contribution in [2.45, 2.75) is 109 Å². The number of sulfone groups is 1. The second kappa shape index (κ2) is 12.7. The smallest absolute Gasteiger partial charge is 0.196 e. The number of hydrogen-bond acceptors (Lipinski definition) is 5. The summed E-state index contributed by atoms with van der Waals surface area (Å²) < 4.78 is 34.9. The van der Waals surface area contributed by atoms with Crippen LogP contribution in [0, 0.1) is 0 Å². The third kappa shape index (κ3) is 7.08. The molecule has 37 heavy (non-hydrogen) atoms. The summed E-state index contributed by atoms with van der Waals surface area (Å²) >= 11 is 6.45. The highest BCUT2D eigenvalue weighted by Gasteiger charge is 2.26. The van der Waals surface area contributed by atoms with E-state index < -0.39 is 9.84 Å². The Morgan fingerprint density at radius 1 is 1.08 bits per heavy atom. The molecular formula is C28H43ClN4O3S. The van der Waals surface area contributed by atoms with Gasteiger partial charge < -0.3 is 4.74 Å². The molecule has 0 radical (unpaired) electrons. The minimum Gasteiger partial charge on any atom is -0.492 e. The number of hydrogen-bond donors (Lipinski definition) is 1. The molecular weight excluding hydrogens is 508 g/mol. The molecule has 0 unspecified atom stereocenters. The van der Waals surface area contributed by atoms with Crippen LogP contribution in [0.1, 0.15) is 109 Å². The number of aryl methyl sites for hydroxylation is 1. The highest BCUT2D eigenvalue weighted by atomic mass is 35.5. The molecule has 0 saturated heterocycles. The first-order chi connectivity index (χ1) is 17.5. The molecule has 0 atom stereocenters. The molecule has 0 aliphatic rings. The summed E-state index contributed by atoms with van der Waals surface area (Å²) in [7, 11) is -3.58. The lowest BCUT2D eigenvalue weighted by Crippen LogP contribution is -2.19. The van der Waals surface area contributed by atoms with E-state index in [9.17, 15) is 8.42 Å². The second-order valence-corrected chi connectivity index (χ2v) is 13.4. The molecule has 3 rings (SSSR count). The number of ether oxygens (including phenoxy) is 1. The molecule has 2 aromatic heterocycles. The summed E-state index contributed by atoms with van der Waals surface area (Å²) in [6.07, 6.45) is 7.20. The van der Waals surface area contributed by atoms with E-state index in [2.05, 4.69) is 56.8 Å². The van der Waals surface area contributed by atoms with Gasteiger partial charge in [-0.3, -0.25) is 5.10 Å². The second-order valence-electron chi connectivity index (χ2n) is 10.9. The minimum absolute atomic E-state index is 0.00273. The Labute approximate surface area is 227 Å². The van der Waals surface area contributed by atoms with Gasteiger partial charge in [-0.1, -0.05) is 84.9 Å². The molecule has 0 bridgehead atoms. The van der Waals surface area contributed by atoms with Crippen molar-refractivity contribution in [3.63, 3.8) is 0 Å². The molecule has 0 amide bonds. The number of nitrogens with zero attached hydrogens (tertiary/aromatic N) is 3. The van der Waals surface area contributed by atoms with Crippen molar-refractivity contribution in [1.82, 2.24) is 19.8 Å². The Balaban J connectivity index is 1.82. The fraction of sp³-hybridized carbons (Fsp3) is 0.643. The average molecular weight is 551 g/mol. The molecule has 0 aliphatic heterocycles. The number of aromatic amines is 1. The van der Waals surface area contributed by atoms with Crippen LogP contribution in [0.5, 0.6) is 5.75 Å². The molecule has 0 saturated carbocycles. The molecule has 9 heteroatoms. The Morgan fingerprint density at radius 3 is 2.49 bits per heavy atom. The SMILES string of the molecule is CCCCCC(C)(C)c1ccc(OCCCC)c(S(=O)(=O)CCCc2nnc3c(Cl)c(C(C)C)[nH]n23)c1. The fourth-order valence-corrected chi connectivity index (χ4v) is 6.39. The zero-order valence-corrected chi connectivity index (χ0v) is 24.8. The molecule has 3 aromatic rings. The maximum atomic E-state index is 13.6. The van der Waals surface area contributed by atoms with Crippen molar-refractivity contribution in [1.29, 1.82) is 0 Å². The van der Waals surface area contributed by atoms with Crippen molar-refractivity contribution in [3.05, 3.63) is 40.3 Å². The number of halogens is 1. The van der Waals surface area contributed by atoms with Gasteiger partial charge in [0.1, 0.15) is 15.7 Å². The third-order valence-corrected chi connectivity index (χ3v) is 9.19. The number of rotatable bonds is 15. The maximum Gasteiger partial charge on any atom is 0.196 e. The molecule has 2 heterocycles. The highest BCUT2D eigenvalue weighted by Crippen LogP contribution is 2.35. The zero-order valence-electron chi connectivity index (χ0n) is 23.2. The van der Waals surface area contributed by atoms with Gasteiger partial charge in [-0.2, -0.15) is 0 Å². The molecule has 0 fully saturated rings. The normalized spacial score (nSPS) is 12.6. The van der Waals surface area contributed by atoms with Crippen LogP contribution < -0.4 is 4.74 Å². The van der Waals surface area contributed by atoms with Crippen LogP contribution in [0.15, 0.2) is 23.1 Å². The van der Waals surface area contributed by atoms with E-state index in [1.165, 1.54) is 6.42 Å². The van der Waals surface area contributed by atoms with Gasteiger partial charge in [0.25, 0.3) is 0 Å². The Bertz CT molecular complexity index is 1280. The fourth-order valence-electron chi connectivity index (χ4n) is 4.52. The van der Waals surface area contributed by atoms with E-state index in [0.29, 0.717) is 46.6 Å². The van der Waals surface area contributed by atoms with Gasteiger partial charge in [0.15, 0.2) is 21.3 Å². The topological polar surface area (TPSA) is 89.3 Å². The standard InChI is InChI=1S/C28H43ClN4O3S/c1-7-9-11-16-28(5,6)21-14-15-22(36-17-10-8-2)23(19-21)37(34,35)18-12-13-24-30-31-27-25(29)26(20(3)4)32-33(24)27/h14-15,19-20,32H,7-13,16-18H2,1-6H3. The van der Waals surface area contributed by atoms with Crippen LogP contribution in [-0.4, -0.2) is 40.6 Å². The van der Waals surface area contributed by atoms with Gasteiger partial charge in [-0.15, -0.1) is 10.2 Å². The quantitative estimate of drug-likeness (QED) is 0.201. The van der Waals surface area contributed by atoms with Crippen LogP contribution in [0.25, 0.3) is 5.65 Å². The van der Waals surface area contributed by atoms with E-state index in [1.54, 1.807) is 4.52 Å². The van der Waals surface area contributed by atoms with Gasteiger partial charge in [-0.05, 0) is 48.3 Å². The summed E-state index contributed by atoms with van der Waals surface area (Å²) in [5.41, 5.74) is 2.39. The van der Waals surface area contributed by atoms with Crippen LogP contribution >= 0.6 is 11.6 Å². The zero-order chi connectivity index (χ0) is 27.2. The summed E-state index contributed by atoms with van der Waals surface area (Å²) in [6.45, 7) is 13.3. The van der Waals surface area contributed by atoms with E-state index in [1.807, 2.05) is 18.2 Å². The number of unbranched alkanes of at least 4 members (excludes halogenated alkanes) is 3. The Hall–Kier alpha value is -2.06. The van der Waals surface area contributed by atoms with E-state index in [4.69, 9.17) is 16.3 Å². The summed E-state index contributed by atoms with van der Waals surface area (Å²) in [5, 5.41) is 12.3. The van der Waals surface area contributed by atoms with Gasteiger partial charge in [-0.25, -0.2) is 12.9 Å². The number of H-pyrrole nitrogens is 1. The van der Waals surface area contributed by atoms with Gasteiger partial charge >= 0.3 is 0 Å². The monoisotopic (exact) mass is 550 g/mol. The summed E-state index contributed by atoms with van der Waals surface area (Å²) in [4.78, 5) is 0.293. The predicted molar refractivity (Wildman–Crippen MR) is 151 cm³/mol. The summed E-state index contributed by atoms with van der Waals surface area (Å²) in [6, 6.07) is 5.72. The largest absolute Gasteiger partial charge is 0.492 e. The van der Waals surface area contributed by atoms with Crippen molar-refractivity contribution in [2.24, 2.45) is 0 Å². The van der Waals surface area contributed by atoms with E-state index in [-0.39, 0.29) is 17.1 Å². The lowest BCUT2D eigenvalue weighted by atomic mass is 9.80. The van der Waals surface area contributed by atoms with Crippen molar-refractivity contribution < 1.29 is 13.2 Å². The third-order valence-electron chi connectivity index (χ3n) is 7.01. The van der Waals surface area contributed by atoms with E-state index in [0.717, 1.165) is 43.4 Å². The Kier molecular flexibility index (Phi) is 10.1. The van der Waals surface area contributed by atoms with E-state index >= 15 is 0 Å². The lowest BCUT2D eigenvalue weighted by molar-refractivity contribution is 0.301. The van der Waals surface area contributed by atoms with Crippen molar-refractivity contribution >= 4 is 27.1 Å². The van der Waals surface area contributed by atoms with Crippen molar-refractivity contribution in [3.8, 4) is 5.75 Å². The number of fused-ring (bicyclic) bond motifs is 1. The van der Waals surface area contributed by atoms with Crippen molar-refractivity contribution in [2.75, 3.05) is 12.4 Å². The molecule has 0 spiro atoms. The lowest BCUT2D eigenvalue weighted by Gasteiger charge is -2.26. The van der Waals surface area contributed by atoms with Crippen LogP contribution in [-0.2, 0) is 21.7 Å². The molecule has 7 nitrogen and oxygen atoms in total. The average Bonchev–Trinajstić information content (AvgIpc) is 3.39. The molecule has 1 N–H and O–H groups in total. The molecule has 0 aliphatic carbocycles. The molecule has 1 aromatic carbocycles. The minimum atomic E-state index is -3.58. The Morgan fingerprint density at radius 2 is 1.81 bits per heavy atom. The highest BCUT2D eigenvalue weighted by molar-refractivity contribution is 7.91. The van der Waals surface area contributed by atoms with Crippen LogP contribution in [0.4, 0.5) is 0 Å².